The molecule has 0 atom stereocenters. The number of para-hydroxylation sites is 1. The van der Waals surface area contributed by atoms with Crippen LogP contribution in [0.1, 0.15) is 10.4 Å². The average Bonchev–Trinajstić information content (AvgIpc) is 2.95. The van der Waals surface area contributed by atoms with Crippen LogP contribution in [-0.4, -0.2) is 32.9 Å². The molecule has 7 heteroatoms. The molecule has 0 aliphatic rings. The molecule has 6 nitrogen and oxygen atoms in total. The normalized spacial score (nSPS) is 11.4. The monoisotopic (exact) mass is 345 g/mol. The molecule has 0 saturated heterocycles. The topological polar surface area (TPSA) is 74.6 Å². The number of hydrogen-bond acceptors (Lipinski definition) is 5. The summed E-state index contributed by atoms with van der Waals surface area (Å²) in [4.78, 5) is 11.5. The van der Waals surface area contributed by atoms with Crippen molar-refractivity contribution in [2.24, 2.45) is 0 Å². The molecule has 0 aliphatic heterocycles. The maximum Gasteiger partial charge on any atom is 0.271 e. The molecule has 0 saturated carbocycles. The van der Waals surface area contributed by atoms with Crippen LogP contribution < -0.4 is 9.47 Å². The van der Waals surface area contributed by atoms with E-state index < -0.39 is 10.0 Å². The molecule has 3 rings (SSSR count). The van der Waals surface area contributed by atoms with E-state index in [2.05, 4.69) is 0 Å². The maximum atomic E-state index is 13.1. The van der Waals surface area contributed by atoms with Gasteiger partial charge < -0.3 is 9.47 Å². The standard InChI is InChI=1S/C17H15NO5S/c1-22-12-7-9-13(10-8-12)24(20,21)18-16-6-4-3-5-14(16)15(11-19)17(18)23-2/h3-11H,1-2H3. The Morgan fingerprint density at radius 1 is 0.958 bits per heavy atom. The van der Waals surface area contributed by atoms with E-state index in [0.717, 1.165) is 3.97 Å². The van der Waals surface area contributed by atoms with E-state index in [-0.39, 0.29) is 16.3 Å². The summed E-state index contributed by atoms with van der Waals surface area (Å²) in [5.41, 5.74) is 0.581. The Morgan fingerprint density at radius 3 is 2.21 bits per heavy atom. The van der Waals surface area contributed by atoms with E-state index in [1.54, 1.807) is 36.4 Å². The lowest BCUT2D eigenvalue weighted by atomic mass is 10.2. The quantitative estimate of drug-likeness (QED) is 0.665. The van der Waals surface area contributed by atoms with Crippen molar-refractivity contribution in [3.8, 4) is 11.6 Å². The molecule has 0 aliphatic carbocycles. The fraction of sp³-hybridized carbons (Fsp3) is 0.118. The molecular weight excluding hydrogens is 330 g/mol. The van der Waals surface area contributed by atoms with Gasteiger partial charge in [0.1, 0.15) is 5.75 Å². The lowest BCUT2D eigenvalue weighted by Gasteiger charge is -2.11. The van der Waals surface area contributed by atoms with Crippen LogP contribution in [0.5, 0.6) is 11.6 Å². The summed E-state index contributed by atoms with van der Waals surface area (Å²) in [5.74, 6) is 0.536. The minimum atomic E-state index is -3.95. The Morgan fingerprint density at radius 2 is 1.62 bits per heavy atom. The van der Waals surface area contributed by atoms with Gasteiger partial charge in [-0.05, 0) is 30.3 Å². The number of methoxy groups -OCH3 is 2. The van der Waals surface area contributed by atoms with Crippen molar-refractivity contribution in [1.29, 1.82) is 0 Å². The number of aromatic nitrogens is 1. The Labute approximate surface area is 139 Å². The SMILES string of the molecule is COc1ccc(S(=O)(=O)n2c(OC)c(C=O)c3ccccc32)cc1. The van der Waals surface area contributed by atoms with Gasteiger partial charge in [0.05, 0.1) is 30.2 Å². The molecule has 24 heavy (non-hydrogen) atoms. The first-order chi connectivity index (χ1) is 11.5. The Balaban J connectivity index is 2.33. The summed E-state index contributed by atoms with van der Waals surface area (Å²) in [6.45, 7) is 0. The zero-order chi connectivity index (χ0) is 17.3. The second kappa shape index (κ2) is 6.01. The molecule has 0 unspecified atom stereocenters. The number of aldehydes is 1. The molecule has 124 valence electrons. The van der Waals surface area contributed by atoms with E-state index in [1.165, 1.54) is 26.4 Å². The molecule has 1 aromatic heterocycles. The molecular formula is C17H15NO5S. The first-order valence-electron chi connectivity index (χ1n) is 7.07. The highest BCUT2D eigenvalue weighted by molar-refractivity contribution is 7.90. The smallest absolute Gasteiger partial charge is 0.271 e. The summed E-state index contributed by atoms with van der Waals surface area (Å²) in [5, 5.41) is 0.515. The van der Waals surface area contributed by atoms with Crippen LogP contribution in [0.3, 0.4) is 0 Å². The maximum absolute atomic E-state index is 13.1. The molecule has 1 heterocycles. The second-order valence-electron chi connectivity index (χ2n) is 5.00. The largest absolute Gasteiger partial charge is 0.497 e. The zero-order valence-electron chi connectivity index (χ0n) is 13.1. The lowest BCUT2D eigenvalue weighted by molar-refractivity contribution is 0.112. The molecule has 0 spiro atoms. The van der Waals surface area contributed by atoms with Gasteiger partial charge in [-0.15, -0.1) is 0 Å². The Hall–Kier alpha value is -2.80. The predicted octanol–water partition coefficient (Wildman–Crippen LogP) is 2.71. The van der Waals surface area contributed by atoms with Crippen molar-refractivity contribution < 1.29 is 22.7 Å². The summed E-state index contributed by atoms with van der Waals surface area (Å²) in [7, 11) is -1.11. The molecule has 0 bridgehead atoms. The highest BCUT2D eigenvalue weighted by atomic mass is 32.2. The van der Waals surface area contributed by atoms with Crippen LogP contribution in [0.4, 0.5) is 0 Å². The molecule has 0 N–H and O–H groups in total. The van der Waals surface area contributed by atoms with E-state index in [1.807, 2.05) is 0 Å². The molecule has 2 aromatic carbocycles. The minimum Gasteiger partial charge on any atom is -0.497 e. The van der Waals surface area contributed by atoms with Gasteiger partial charge in [-0.2, -0.15) is 0 Å². The van der Waals surface area contributed by atoms with Gasteiger partial charge in [-0.3, -0.25) is 4.79 Å². The van der Waals surface area contributed by atoms with E-state index in [0.29, 0.717) is 22.9 Å². The number of rotatable bonds is 5. The highest BCUT2D eigenvalue weighted by Crippen LogP contribution is 2.34. The van der Waals surface area contributed by atoms with Crippen LogP contribution >= 0.6 is 0 Å². The fourth-order valence-corrected chi connectivity index (χ4v) is 4.11. The summed E-state index contributed by atoms with van der Waals surface area (Å²) in [6, 6.07) is 12.8. The summed E-state index contributed by atoms with van der Waals surface area (Å²) >= 11 is 0. The van der Waals surface area contributed by atoms with Gasteiger partial charge in [0.2, 0.25) is 5.88 Å². The van der Waals surface area contributed by atoms with E-state index in [9.17, 15) is 13.2 Å². The Bertz CT molecular complexity index is 1000. The Kier molecular flexibility index (Phi) is 4.02. The second-order valence-corrected chi connectivity index (χ2v) is 6.79. The van der Waals surface area contributed by atoms with Crippen molar-refractivity contribution >= 4 is 27.2 Å². The zero-order valence-corrected chi connectivity index (χ0v) is 13.9. The van der Waals surface area contributed by atoms with Crippen LogP contribution in [-0.2, 0) is 10.0 Å². The van der Waals surface area contributed by atoms with Gasteiger partial charge in [0.25, 0.3) is 10.0 Å². The summed E-state index contributed by atoms with van der Waals surface area (Å²) < 4.78 is 37.5. The predicted molar refractivity (Wildman–Crippen MR) is 89.5 cm³/mol. The summed E-state index contributed by atoms with van der Waals surface area (Å²) in [6.07, 6.45) is 0.598. The van der Waals surface area contributed by atoms with Crippen LogP contribution in [0.15, 0.2) is 53.4 Å². The molecule has 0 amide bonds. The number of fused-ring (bicyclic) bond motifs is 1. The number of nitrogens with zero attached hydrogens (tertiary/aromatic N) is 1. The van der Waals surface area contributed by atoms with Crippen LogP contribution in [0.25, 0.3) is 10.9 Å². The first kappa shape index (κ1) is 16.1. The van der Waals surface area contributed by atoms with Crippen molar-refractivity contribution in [2.45, 2.75) is 4.90 Å². The number of hydrogen-bond donors (Lipinski definition) is 0. The average molecular weight is 345 g/mol. The number of carbonyl (C=O) groups is 1. The lowest BCUT2D eigenvalue weighted by Crippen LogP contribution is -2.14. The number of carbonyl (C=O) groups excluding carboxylic acids is 1. The van der Waals surface area contributed by atoms with Gasteiger partial charge >= 0.3 is 0 Å². The van der Waals surface area contributed by atoms with Gasteiger partial charge in [-0.1, -0.05) is 18.2 Å². The van der Waals surface area contributed by atoms with E-state index in [4.69, 9.17) is 9.47 Å². The van der Waals surface area contributed by atoms with Crippen molar-refractivity contribution in [3.63, 3.8) is 0 Å². The third-order valence-electron chi connectivity index (χ3n) is 3.74. The third kappa shape index (κ3) is 2.33. The molecule has 3 aromatic rings. The van der Waals surface area contributed by atoms with Gasteiger partial charge in [-0.25, -0.2) is 12.4 Å². The number of ether oxygens (including phenoxy) is 2. The van der Waals surface area contributed by atoms with Gasteiger partial charge in [0, 0.05) is 5.39 Å². The first-order valence-corrected chi connectivity index (χ1v) is 8.51. The van der Waals surface area contributed by atoms with Crippen LogP contribution in [0.2, 0.25) is 0 Å². The highest BCUT2D eigenvalue weighted by Gasteiger charge is 2.27. The van der Waals surface area contributed by atoms with Crippen molar-refractivity contribution in [2.75, 3.05) is 14.2 Å². The van der Waals surface area contributed by atoms with E-state index >= 15 is 0 Å². The van der Waals surface area contributed by atoms with Crippen molar-refractivity contribution in [1.82, 2.24) is 3.97 Å². The third-order valence-corrected chi connectivity index (χ3v) is 5.45. The minimum absolute atomic E-state index is 0.0120. The van der Waals surface area contributed by atoms with Gasteiger partial charge in [0.15, 0.2) is 6.29 Å². The van der Waals surface area contributed by atoms with Crippen LogP contribution in [0, 0.1) is 0 Å². The molecule has 0 fully saturated rings. The number of benzene rings is 2. The van der Waals surface area contributed by atoms with Crippen molar-refractivity contribution in [3.05, 3.63) is 54.1 Å². The fourth-order valence-electron chi connectivity index (χ4n) is 2.61. The molecule has 0 radical (unpaired) electrons.